The maximum Gasteiger partial charge on any atom is 0.422 e. The number of alkyl halides is 3. The van der Waals surface area contributed by atoms with E-state index in [4.69, 9.17) is 5.73 Å². The number of halogens is 3. The number of nitrogens with two attached hydrogens (primary N) is 1. The minimum Gasteiger partial charge on any atom is -0.484 e. The van der Waals surface area contributed by atoms with Crippen molar-refractivity contribution in [2.24, 2.45) is 5.73 Å². The summed E-state index contributed by atoms with van der Waals surface area (Å²) in [6.45, 7) is 0.462. The number of ether oxygens (including phenoxy) is 1. The van der Waals surface area contributed by atoms with Gasteiger partial charge in [-0.05, 0) is 37.5 Å². The fraction of sp³-hybridized carbons (Fsp3) is 0.500. The Morgan fingerprint density at radius 2 is 1.95 bits per heavy atom. The molecule has 7 heteroatoms. The van der Waals surface area contributed by atoms with Crippen molar-refractivity contribution in [1.82, 2.24) is 5.32 Å². The summed E-state index contributed by atoms with van der Waals surface area (Å²) in [4.78, 5) is 11.8. The molecule has 1 atom stereocenters. The molecule has 0 heterocycles. The molecule has 2 rings (SSSR count). The molecule has 1 unspecified atom stereocenters. The van der Waals surface area contributed by atoms with Crippen LogP contribution in [0, 0.1) is 0 Å². The number of amides is 1. The molecule has 0 spiro atoms. The van der Waals surface area contributed by atoms with E-state index < -0.39 is 18.3 Å². The molecule has 1 aliphatic carbocycles. The Labute approximate surface area is 120 Å². The smallest absolute Gasteiger partial charge is 0.422 e. The third-order valence-electron chi connectivity index (χ3n) is 3.37. The monoisotopic (exact) mass is 302 g/mol. The summed E-state index contributed by atoms with van der Waals surface area (Å²) in [5.41, 5.74) is 5.81. The van der Waals surface area contributed by atoms with E-state index in [1.165, 1.54) is 12.1 Å². The zero-order valence-corrected chi connectivity index (χ0v) is 11.5. The highest BCUT2D eigenvalue weighted by Crippen LogP contribution is 2.33. The molecule has 1 fully saturated rings. The van der Waals surface area contributed by atoms with E-state index in [-0.39, 0.29) is 17.7 Å². The molecule has 1 aliphatic rings. The third kappa shape index (κ3) is 4.35. The van der Waals surface area contributed by atoms with E-state index in [0.717, 1.165) is 5.56 Å². The molecular weight excluding hydrogens is 285 g/mol. The Morgan fingerprint density at radius 1 is 1.38 bits per heavy atom. The molecule has 4 nitrogen and oxygen atoms in total. The zero-order chi connectivity index (χ0) is 15.7. The van der Waals surface area contributed by atoms with Gasteiger partial charge in [0.2, 0.25) is 5.91 Å². The van der Waals surface area contributed by atoms with Gasteiger partial charge in [0, 0.05) is 0 Å². The Morgan fingerprint density at radius 3 is 2.43 bits per heavy atom. The van der Waals surface area contributed by atoms with Crippen LogP contribution in [0.5, 0.6) is 5.75 Å². The SMILES string of the molecule is CC(NC(=O)C1(N)CC1)c1ccc(OCC(F)(F)F)cc1. The number of nitrogens with one attached hydrogen (secondary N) is 1. The second-order valence-electron chi connectivity index (χ2n) is 5.32. The topological polar surface area (TPSA) is 64.4 Å². The van der Waals surface area contributed by atoms with Crippen molar-refractivity contribution in [2.75, 3.05) is 6.61 Å². The predicted octanol–water partition coefficient (Wildman–Crippen LogP) is 2.30. The van der Waals surface area contributed by atoms with Gasteiger partial charge in [-0.25, -0.2) is 0 Å². The second-order valence-corrected chi connectivity index (χ2v) is 5.32. The lowest BCUT2D eigenvalue weighted by molar-refractivity contribution is -0.153. The fourth-order valence-corrected chi connectivity index (χ4v) is 1.80. The third-order valence-corrected chi connectivity index (χ3v) is 3.37. The molecule has 116 valence electrons. The van der Waals surface area contributed by atoms with Crippen molar-refractivity contribution in [3.05, 3.63) is 29.8 Å². The average Bonchev–Trinajstić information content (AvgIpc) is 3.15. The maximum atomic E-state index is 12.0. The minimum atomic E-state index is -4.36. The first-order valence-corrected chi connectivity index (χ1v) is 6.59. The molecule has 0 aromatic heterocycles. The Kier molecular flexibility index (Phi) is 4.13. The van der Waals surface area contributed by atoms with Gasteiger partial charge in [0.1, 0.15) is 5.75 Å². The van der Waals surface area contributed by atoms with Crippen LogP contribution in [0.4, 0.5) is 13.2 Å². The summed E-state index contributed by atoms with van der Waals surface area (Å²) in [5, 5.41) is 2.79. The molecule has 0 aliphatic heterocycles. The first-order chi connectivity index (χ1) is 9.70. The van der Waals surface area contributed by atoms with Gasteiger partial charge in [-0.1, -0.05) is 12.1 Å². The van der Waals surface area contributed by atoms with E-state index in [9.17, 15) is 18.0 Å². The highest BCUT2D eigenvalue weighted by atomic mass is 19.4. The lowest BCUT2D eigenvalue weighted by Crippen LogP contribution is -2.43. The minimum absolute atomic E-state index is 0.132. The Bertz CT molecular complexity index is 510. The molecule has 3 N–H and O–H groups in total. The highest BCUT2D eigenvalue weighted by molar-refractivity contribution is 5.89. The molecule has 1 amide bonds. The van der Waals surface area contributed by atoms with E-state index >= 15 is 0 Å². The van der Waals surface area contributed by atoms with Gasteiger partial charge in [-0.2, -0.15) is 13.2 Å². The van der Waals surface area contributed by atoms with Gasteiger partial charge in [-0.3, -0.25) is 4.79 Å². The number of benzene rings is 1. The summed E-state index contributed by atoms with van der Waals surface area (Å²) in [6.07, 6.45) is -3.01. The quantitative estimate of drug-likeness (QED) is 0.877. The second kappa shape index (κ2) is 5.55. The van der Waals surface area contributed by atoms with Gasteiger partial charge in [0.25, 0.3) is 0 Å². The summed E-state index contributed by atoms with van der Waals surface area (Å²) < 4.78 is 40.7. The summed E-state index contributed by atoms with van der Waals surface area (Å²) in [6, 6.07) is 5.85. The number of carbonyl (C=O) groups is 1. The summed E-state index contributed by atoms with van der Waals surface area (Å²) in [5.74, 6) is -0.0699. The molecule has 21 heavy (non-hydrogen) atoms. The lowest BCUT2D eigenvalue weighted by Gasteiger charge is -2.17. The van der Waals surface area contributed by atoms with Crippen LogP contribution < -0.4 is 15.8 Å². The van der Waals surface area contributed by atoms with Gasteiger partial charge >= 0.3 is 6.18 Å². The van der Waals surface area contributed by atoms with Gasteiger partial charge in [0.15, 0.2) is 6.61 Å². The first kappa shape index (κ1) is 15.6. The van der Waals surface area contributed by atoms with Crippen molar-refractivity contribution in [2.45, 2.75) is 37.5 Å². The van der Waals surface area contributed by atoms with E-state index in [1.807, 2.05) is 0 Å². The van der Waals surface area contributed by atoms with E-state index in [0.29, 0.717) is 12.8 Å². The molecule has 1 aromatic carbocycles. The lowest BCUT2D eigenvalue weighted by atomic mass is 10.1. The van der Waals surface area contributed by atoms with Crippen LogP contribution >= 0.6 is 0 Å². The fourth-order valence-electron chi connectivity index (χ4n) is 1.80. The first-order valence-electron chi connectivity index (χ1n) is 6.59. The van der Waals surface area contributed by atoms with Crippen molar-refractivity contribution in [3.8, 4) is 5.75 Å². The van der Waals surface area contributed by atoms with Crippen molar-refractivity contribution in [3.63, 3.8) is 0 Å². The van der Waals surface area contributed by atoms with Crippen LogP contribution in [-0.4, -0.2) is 24.2 Å². The van der Waals surface area contributed by atoms with Gasteiger partial charge in [0.05, 0.1) is 11.6 Å². The Hall–Kier alpha value is -1.76. The largest absolute Gasteiger partial charge is 0.484 e. The Balaban J connectivity index is 1.90. The standard InChI is InChI=1S/C14H17F3N2O2/c1-9(19-12(20)13(18)6-7-13)10-2-4-11(5-3-10)21-8-14(15,16)17/h2-5,9H,6-8,18H2,1H3,(H,19,20). The van der Waals surface area contributed by atoms with E-state index in [1.54, 1.807) is 19.1 Å². The molecule has 0 bridgehead atoms. The number of hydrogen-bond acceptors (Lipinski definition) is 3. The van der Waals surface area contributed by atoms with Crippen LogP contribution in [0.15, 0.2) is 24.3 Å². The molecule has 0 radical (unpaired) electrons. The highest BCUT2D eigenvalue weighted by Gasteiger charge is 2.46. The van der Waals surface area contributed by atoms with Crippen molar-refractivity contribution >= 4 is 5.91 Å². The van der Waals surface area contributed by atoms with Crippen LogP contribution in [0.2, 0.25) is 0 Å². The molecule has 0 saturated heterocycles. The normalized spacial score (nSPS) is 18.0. The van der Waals surface area contributed by atoms with Crippen molar-refractivity contribution < 1.29 is 22.7 Å². The predicted molar refractivity (Wildman–Crippen MR) is 70.7 cm³/mol. The number of hydrogen-bond donors (Lipinski definition) is 2. The van der Waals surface area contributed by atoms with Crippen LogP contribution in [0.1, 0.15) is 31.4 Å². The summed E-state index contributed by atoms with van der Waals surface area (Å²) in [7, 11) is 0. The molecule has 1 aromatic rings. The van der Waals surface area contributed by atoms with Gasteiger partial charge < -0.3 is 15.8 Å². The van der Waals surface area contributed by atoms with Crippen LogP contribution in [0.25, 0.3) is 0 Å². The van der Waals surface area contributed by atoms with E-state index in [2.05, 4.69) is 10.1 Å². The number of carbonyl (C=O) groups excluding carboxylic acids is 1. The summed E-state index contributed by atoms with van der Waals surface area (Å²) >= 11 is 0. The maximum absolute atomic E-state index is 12.0. The van der Waals surface area contributed by atoms with Crippen LogP contribution in [0.3, 0.4) is 0 Å². The molecule has 1 saturated carbocycles. The number of rotatable bonds is 5. The average molecular weight is 302 g/mol. The molecular formula is C14H17F3N2O2. The van der Waals surface area contributed by atoms with Crippen molar-refractivity contribution in [1.29, 1.82) is 0 Å². The zero-order valence-electron chi connectivity index (χ0n) is 11.5. The van der Waals surface area contributed by atoms with Gasteiger partial charge in [-0.15, -0.1) is 0 Å². The van der Waals surface area contributed by atoms with Crippen LogP contribution in [-0.2, 0) is 4.79 Å².